The molecule has 3 aromatic carbocycles. The van der Waals surface area contributed by atoms with Crippen molar-refractivity contribution >= 4 is 17.6 Å². The van der Waals surface area contributed by atoms with E-state index < -0.39 is 35.5 Å². The number of methoxy groups -OCH3 is 1. The van der Waals surface area contributed by atoms with Gasteiger partial charge in [0.15, 0.2) is 5.60 Å². The third-order valence-corrected chi connectivity index (χ3v) is 6.61. The number of fused-ring (bicyclic) bond motifs is 2. The third-order valence-electron chi connectivity index (χ3n) is 6.61. The number of nitrogens with one attached hydrogen (secondary N) is 1. The highest BCUT2D eigenvalue weighted by atomic mass is 19.1. The van der Waals surface area contributed by atoms with E-state index in [1.54, 1.807) is 31.2 Å². The average Bonchev–Trinajstić information content (AvgIpc) is 3.49. The smallest absolute Gasteiger partial charge is 0.337 e. The van der Waals surface area contributed by atoms with Gasteiger partial charge in [0.1, 0.15) is 23.8 Å². The Morgan fingerprint density at radius 3 is 2.43 bits per heavy atom. The summed E-state index contributed by atoms with van der Waals surface area (Å²) in [6.45, 7) is 1.64. The maximum atomic E-state index is 14.1. The van der Waals surface area contributed by atoms with Crippen molar-refractivity contribution in [3.63, 3.8) is 0 Å². The third kappa shape index (κ3) is 4.66. The molecule has 7 heteroatoms. The van der Waals surface area contributed by atoms with E-state index in [2.05, 4.69) is 5.32 Å². The number of hydrogen-bond donors (Lipinski definition) is 1. The van der Waals surface area contributed by atoms with Gasteiger partial charge in [-0.3, -0.25) is 4.79 Å². The molecule has 37 heavy (non-hydrogen) atoms. The van der Waals surface area contributed by atoms with Gasteiger partial charge in [-0.25, -0.2) is 9.18 Å². The Labute approximate surface area is 214 Å². The minimum atomic E-state index is -1.37. The number of aryl methyl sites for hydroxylation is 1. The summed E-state index contributed by atoms with van der Waals surface area (Å²) in [5, 5.41) is 2.70. The highest BCUT2D eigenvalue weighted by molar-refractivity contribution is 6.12. The predicted octanol–water partition coefficient (Wildman–Crippen LogP) is 4.94. The van der Waals surface area contributed by atoms with Gasteiger partial charge in [0.05, 0.1) is 18.3 Å². The number of esters is 1. The van der Waals surface area contributed by atoms with E-state index in [1.807, 2.05) is 60.7 Å². The van der Waals surface area contributed by atoms with E-state index in [-0.39, 0.29) is 16.8 Å². The summed E-state index contributed by atoms with van der Waals surface area (Å²) in [4.78, 5) is 26.7. The quantitative estimate of drug-likeness (QED) is 0.351. The normalized spacial score (nSPS) is 20.6. The molecule has 0 fully saturated rings. The Bertz CT molecular complexity index is 1340. The molecular formula is C30H26FNO5. The maximum absolute atomic E-state index is 14.1. The summed E-state index contributed by atoms with van der Waals surface area (Å²) in [6.07, 6.45) is 2.41. The minimum absolute atomic E-state index is 0.0736. The lowest BCUT2D eigenvalue weighted by Crippen LogP contribution is -2.48. The highest BCUT2D eigenvalue weighted by Gasteiger charge is 2.59. The van der Waals surface area contributed by atoms with Gasteiger partial charge >= 0.3 is 5.97 Å². The van der Waals surface area contributed by atoms with Crippen molar-refractivity contribution in [1.82, 2.24) is 0 Å². The van der Waals surface area contributed by atoms with Crippen molar-refractivity contribution < 1.29 is 28.2 Å². The fourth-order valence-electron chi connectivity index (χ4n) is 4.77. The second kappa shape index (κ2) is 10.0. The standard InChI is InChI=1S/C30H26FNO5/c1-19-13-14-21(18-23(19)31)32-28(33)26-24-15-16-30(37-24,27(26)29(34)35-2)25(17-20-9-5-3-6-10-20)36-22-11-7-4-8-12-22/h3-16,18,24-25H,17H2,1-2H3,(H,32,33). The zero-order valence-electron chi connectivity index (χ0n) is 20.4. The topological polar surface area (TPSA) is 73.9 Å². The van der Waals surface area contributed by atoms with E-state index in [9.17, 15) is 14.0 Å². The lowest BCUT2D eigenvalue weighted by molar-refractivity contribution is -0.139. The van der Waals surface area contributed by atoms with Gasteiger partial charge in [-0.15, -0.1) is 0 Å². The van der Waals surface area contributed by atoms with Gasteiger partial charge in [0.25, 0.3) is 5.91 Å². The Morgan fingerprint density at radius 2 is 1.76 bits per heavy atom. The molecule has 1 amide bonds. The molecule has 0 saturated carbocycles. The van der Waals surface area contributed by atoms with E-state index >= 15 is 0 Å². The predicted molar refractivity (Wildman–Crippen MR) is 137 cm³/mol. The van der Waals surface area contributed by atoms with Crippen LogP contribution in [0.15, 0.2) is 102 Å². The van der Waals surface area contributed by atoms with E-state index in [0.29, 0.717) is 17.7 Å². The lowest BCUT2D eigenvalue weighted by atomic mass is 9.80. The van der Waals surface area contributed by atoms with Gasteiger partial charge in [0.2, 0.25) is 0 Å². The Balaban J connectivity index is 1.56. The number of carbonyl (C=O) groups is 2. The van der Waals surface area contributed by atoms with Crippen LogP contribution in [0, 0.1) is 12.7 Å². The Kier molecular flexibility index (Phi) is 6.63. The molecule has 0 aromatic heterocycles. The zero-order valence-corrected chi connectivity index (χ0v) is 20.4. The number of ether oxygens (including phenoxy) is 3. The first-order valence-corrected chi connectivity index (χ1v) is 11.9. The molecule has 2 bridgehead atoms. The summed E-state index contributed by atoms with van der Waals surface area (Å²) in [7, 11) is 1.26. The molecule has 3 atom stereocenters. The number of halogens is 1. The molecule has 3 unspecified atom stereocenters. The molecular weight excluding hydrogens is 473 g/mol. The molecule has 1 N–H and O–H groups in total. The number of carbonyl (C=O) groups excluding carboxylic acids is 2. The van der Waals surface area contributed by atoms with Crippen molar-refractivity contribution in [1.29, 1.82) is 0 Å². The first kappa shape index (κ1) is 24.5. The lowest BCUT2D eigenvalue weighted by Gasteiger charge is -2.34. The van der Waals surface area contributed by atoms with Crippen LogP contribution in [0.2, 0.25) is 0 Å². The average molecular weight is 500 g/mol. The number of benzene rings is 3. The van der Waals surface area contributed by atoms with Gasteiger partial charge < -0.3 is 19.5 Å². The highest BCUT2D eigenvalue weighted by Crippen LogP contribution is 2.48. The van der Waals surface area contributed by atoms with Crippen LogP contribution in [0.3, 0.4) is 0 Å². The Hall–Kier alpha value is -4.23. The zero-order chi connectivity index (χ0) is 26.0. The fraction of sp³-hybridized carbons (Fsp3) is 0.200. The van der Waals surface area contributed by atoms with Crippen molar-refractivity contribution in [3.8, 4) is 5.75 Å². The van der Waals surface area contributed by atoms with Crippen molar-refractivity contribution in [2.24, 2.45) is 0 Å². The molecule has 0 spiro atoms. The van der Waals surface area contributed by atoms with Crippen LogP contribution >= 0.6 is 0 Å². The molecule has 2 heterocycles. The van der Waals surface area contributed by atoms with E-state index in [1.165, 1.54) is 13.2 Å². The molecule has 2 aliphatic heterocycles. The fourth-order valence-corrected chi connectivity index (χ4v) is 4.77. The summed E-state index contributed by atoms with van der Waals surface area (Å²) in [5.41, 5.74) is 0.519. The largest absolute Gasteiger partial charge is 0.486 e. The summed E-state index contributed by atoms with van der Waals surface area (Å²) in [6, 6.07) is 23.3. The number of amides is 1. The van der Waals surface area contributed by atoms with Gasteiger partial charge in [0, 0.05) is 12.1 Å². The SMILES string of the molecule is COC(=O)C1=C(C(=O)Nc2ccc(C)c(F)c2)C2C=CC1(C(Cc1ccccc1)Oc1ccccc1)O2. The Morgan fingerprint density at radius 1 is 1.05 bits per heavy atom. The van der Waals surface area contributed by atoms with Crippen LogP contribution in [-0.2, 0) is 25.5 Å². The minimum Gasteiger partial charge on any atom is -0.486 e. The second-order valence-corrected chi connectivity index (χ2v) is 9.00. The van der Waals surface area contributed by atoms with Crippen LogP contribution in [0.5, 0.6) is 5.75 Å². The van der Waals surface area contributed by atoms with Crippen LogP contribution in [0.1, 0.15) is 11.1 Å². The van der Waals surface area contributed by atoms with Crippen molar-refractivity contribution in [2.45, 2.75) is 31.2 Å². The van der Waals surface area contributed by atoms with Gasteiger partial charge in [-0.05, 0) is 48.4 Å². The summed E-state index contributed by atoms with van der Waals surface area (Å²) in [5.74, 6) is -1.12. The van der Waals surface area contributed by atoms with Gasteiger partial charge in [-0.2, -0.15) is 0 Å². The number of hydrogen-bond acceptors (Lipinski definition) is 5. The first-order valence-electron chi connectivity index (χ1n) is 11.9. The molecule has 188 valence electrons. The molecule has 6 nitrogen and oxygen atoms in total. The van der Waals surface area contributed by atoms with Gasteiger partial charge in [-0.1, -0.05) is 60.7 Å². The molecule has 3 aromatic rings. The molecule has 0 radical (unpaired) electrons. The van der Waals surface area contributed by atoms with Crippen LogP contribution < -0.4 is 10.1 Å². The van der Waals surface area contributed by atoms with Crippen molar-refractivity contribution in [3.05, 3.63) is 119 Å². The number of rotatable bonds is 8. The summed E-state index contributed by atoms with van der Waals surface area (Å²) >= 11 is 0. The van der Waals surface area contributed by atoms with E-state index in [4.69, 9.17) is 14.2 Å². The van der Waals surface area contributed by atoms with Crippen LogP contribution in [0.4, 0.5) is 10.1 Å². The number of anilines is 1. The first-order chi connectivity index (χ1) is 17.9. The maximum Gasteiger partial charge on any atom is 0.337 e. The van der Waals surface area contributed by atoms with Crippen LogP contribution in [0.25, 0.3) is 0 Å². The summed E-state index contributed by atoms with van der Waals surface area (Å²) < 4.78 is 32.0. The molecule has 2 aliphatic rings. The molecule has 0 aliphatic carbocycles. The molecule has 5 rings (SSSR count). The van der Waals surface area contributed by atoms with Crippen molar-refractivity contribution in [2.75, 3.05) is 12.4 Å². The number of para-hydroxylation sites is 1. The van der Waals surface area contributed by atoms with Crippen LogP contribution in [-0.4, -0.2) is 36.8 Å². The van der Waals surface area contributed by atoms with E-state index in [0.717, 1.165) is 5.56 Å². The second-order valence-electron chi connectivity index (χ2n) is 9.00. The molecule has 0 saturated heterocycles. The monoisotopic (exact) mass is 499 g/mol.